The monoisotopic (exact) mass is 306 g/mol. The highest BCUT2D eigenvalue weighted by Crippen LogP contribution is 2.20. The molecule has 0 radical (unpaired) electrons. The van der Waals surface area contributed by atoms with Crippen LogP contribution in [0.25, 0.3) is 0 Å². The van der Waals surface area contributed by atoms with E-state index in [2.05, 4.69) is 15.3 Å². The van der Waals surface area contributed by atoms with Gasteiger partial charge >= 0.3 is 6.09 Å². The summed E-state index contributed by atoms with van der Waals surface area (Å²) in [4.78, 5) is 22.7. The van der Waals surface area contributed by atoms with Crippen LogP contribution in [0, 0.1) is 6.92 Å². The summed E-state index contributed by atoms with van der Waals surface area (Å²) in [6.45, 7) is 9.00. The zero-order valence-corrected chi connectivity index (χ0v) is 13.9. The minimum Gasteiger partial charge on any atom is -0.444 e. The molecular weight excluding hydrogens is 280 g/mol. The fourth-order valence-corrected chi connectivity index (χ4v) is 2.54. The first-order valence-electron chi connectivity index (χ1n) is 7.87. The zero-order chi connectivity index (χ0) is 16.2. The smallest absolute Gasteiger partial charge is 0.410 e. The molecular formula is C16H26N4O2. The molecule has 1 fully saturated rings. The summed E-state index contributed by atoms with van der Waals surface area (Å²) in [6, 6.07) is 0.130. The summed E-state index contributed by atoms with van der Waals surface area (Å²) < 4.78 is 5.51. The third-order valence-corrected chi connectivity index (χ3v) is 3.53. The SMILES string of the molecule is Cc1cncc(NCC2CCCCN2C(=O)OC(C)(C)C)n1. The van der Waals surface area contributed by atoms with Crippen molar-refractivity contribution in [2.45, 2.75) is 58.6 Å². The van der Waals surface area contributed by atoms with E-state index in [0.717, 1.165) is 37.3 Å². The number of hydrogen-bond donors (Lipinski definition) is 1. The van der Waals surface area contributed by atoms with Gasteiger partial charge in [-0.2, -0.15) is 0 Å². The molecule has 2 rings (SSSR count). The summed E-state index contributed by atoms with van der Waals surface area (Å²) in [5.41, 5.74) is 0.409. The average molecular weight is 306 g/mol. The average Bonchev–Trinajstić information content (AvgIpc) is 2.44. The van der Waals surface area contributed by atoms with Gasteiger partial charge in [0.25, 0.3) is 0 Å². The molecule has 22 heavy (non-hydrogen) atoms. The van der Waals surface area contributed by atoms with E-state index in [1.165, 1.54) is 0 Å². The molecule has 1 atom stereocenters. The Balaban J connectivity index is 1.96. The Morgan fingerprint density at radius 2 is 2.18 bits per heavy atom. The molecule has 1 saturated heterocycles. The number of ether oxygens (including phenoxy) is 1. The minimum atomic E-state index is -0.464. The summed E-state index contributed by atoms with van der Waals surface area (Å²) >= 11 is 0. The first-order valence-corrected chi connectivity index (χ1v) is 7.87. The van der Waals surface area contributed by atoms with Crippen LogP contribution in [0.1, 0.15) is 45.7 Å². The van der Waals surface area contributed by atoms with E-state index < -0.39 is 5.60 Å². The quantitative estimate of drug-likeness (QED) is 0.930. The molecule has 122 valence electrons. The molecule has 1 aliphatic rings. The fraction of sp³-hybridized carbons (Fsp3) is 0.688. The number of nitrogens with zero attached hydrogens (tertiary/aromatic N) is 3. The van der Waals surface area contributed by atoms with Gasteiger partial charge in [0.15, 0.2) is 0 Å². The van der Waals surface area contributed by atoms with E-state index in [-0.39, 0.29) is 12.1 Å². The van der Waals surface area contributed by atoms with Gasteiger partial charge in [0.05, 0.1) is 17.9 Å². The van der Waals surface area contributed by atoms with Crippen molar-refractivity contribution in [3.05, 3.63) is 18.1 Å². The lowest BCUT2D eigenvalue weighted by molar-refractivity contribution is 0.0114. The van der Waals surface area contributed by atoms with Crippen molar-refractivity contribution < 1.29 is 9.53 Å². The number of amides is 1. The number of hydrogen-bond acceptors (Lipinski definition) is 5. The van der Waals surface area contributed by atoms with Crippen LogP contribution in [0.3, 0.4) is 0 Å². The first kappa shape index (κ1) is 16.5. The summed E-state index contributed by atoms with van der Waals surface area (Å²) in [5.74, 6) is 0.745. The van der Waals surface area contributed by atoms with Crippen LogP contribution in [0.15, 0.2) is 12.4 Å². The molecule has 0 aliphatic carbocycles. The van der Waals surface area contributed by atoms with Crippen LogP contribution in [0.5, 0.6) is 0 Å². The maximum atomic E-state index is 12.3. The molecule has 1 unspecified atom stereocenters. The van der Waals surface area contributed by atoms with E-state index in [0.29, 0.717) is 6.54 Å². The van der Waals surface area contributed by atoms with Crippen molar-refractivity contribution in [1.82, 2.24) is 14.9 Å². The van der Waals surface area contributed by atoms with Gasteiger partial charge < -0.3 is 15.0 Å². The summed E-state index contributed by atoms with van der Waals surface area (Å²) in [7, 11) is 0. The van der Waals surface area contributed by atoms with E-state index >= 15 is 0 Å². The minimum absolute atomic E-state index is 0.130. The highest BCUT2D eigenvalue weighted by molar-refractivity contribution is 5.68. The second kappa shape index (κ2) is 6.94. The van der Waals surface area contributed by atoms with Gasteiger partial charge in [-0.3, -0.25) is 4.98 Å². The summed E-state index contributed by atoms with van der Waals surface area (Å²) in [5, 5.41) is 3.28. The maximum absolute atomic E-state index is 12.3. The predicted molar refractivity (Wildman–Crippen MR) is 85.8 cm³/mol. The van der Waals surface area contributed by atoms with Gasteiger partial charge in [0.2, 0.25) is 0 Å². The Labute approximate surface area is 132 Å². The highest BCUT2D eigenvalue weighted by Gasteiger charge is 2.30. The van der Waals surface area contributed by atoms with Crippen LogP contribution < -0.4 is 5.32 Å². The van der Waals surface area contributed by atoms with Crippen molar-refractivity contribution in [3.63, 3.8) is 0 Å². The van der Waals surface area contributed by atoms with E-state index in [1.807, 2.05) is 32.6 Å². The molecule has 0 spiro atoms. The number of aromatic nitrogens is 2. The van der Waals surface area contributed by atoms with Gasteiger partial charge in [0.1, 0.15) is 11.4 Å². The van der Waals surface area contributed by atoms with Crippen molar-refractivity contribution >= 4 is 11.9 Å². The Kier molecular flexibility index (Phi) is 5.21. The molecule has 0 saturated carbocycles. The zero-order valence-electron chi connectivity index (χ0n) is 13.9. The van der Waals surface area contributed by atoms with Gasteiger partial charge in [-0.15, -0.1) is 0 Å². The second-order valence-corrected chi connectivity index (χ2v) is 6.75. The van der Waals surface area contributed by atoms with E-state index in [1.54, 1.807) is 12.4 Å². The lowest BCUT2D eigenvalue weighted by Crippen LogP contribution is -2.48. The van der Waals surface area contributed by atoms with Crippen LogP contribution in [-0.4, -0.2) is 45.7 Å². The number of nitrogens with one attached hydrogen (secondary N) is 1. The first-order chi connectivity index (χ1) is 10.3. The second-order valence-electron chi connectivity index (χ2n) is 6.75. The highest BCUT2D eigenvalue weighted by atomic mass is 16.6. The van der Waals surface area contributed by atoms with Crippen LogP contribution in [-0.2, 0) is 4.74 Å². The van der Waals surface area contributed by atoms with E-state index in [9.17, 15) is 4.79 Å². The number of rotatable bonds is 3. The number of likely N-dealkylation sites (tertiary alicyclic amines) is 1. The fourth-order valence-electron chi connectivity index (χ4n) is 2.54. The van der Waals surface area contributed by atoms with Crippen LogP contribution >= 0.6 is 0 Å². The van der Waals surface area contributed by atoms with E-state index in [4.69, 9.17) is 4.74 Å². The van der Waals surface area contributed by atoms with Crippen molar-refractivity contribution in [2.24, 2.45) is 0 Å². The molecule has 1 aliphatic heterocycles. The van der Waals surface area contributed by atoms with Crippen molar-refractivity contribution in [1.29, 1.82) is 0 Å². The number of carbonyl (C=O) groups is 1. The van der Waals surface area contributed by atoms with Crippen LogP contribution in [0.4, 0.5) is 10.6 Å². The Hall–Kier alpha value is -1.85. The molecule has 1 aromatic heterocycles. The lowest BCUT2D eigenvalue weighted by Gasteiger charge is -2.36. The molecule has 6 heteroatoms. The largest absolute Gasteiger partial charge is 0.444 e. The predicted octanol–water partition coefficient (Wildman–Crippen LogP) is 2.99. The number of anilines is 1. The molecule has 2 heterocycles. The number of carbonyl (C=O) groups excluding carboxylic acids is 1. The van der Waals surface area contributed by atoms with Crippen LogP contribution in [0.2, 0.25) is 0 Å². The molecule has 1 N–H and O–H groups in total. The number of piperidine rings is 1. The van der Waals surface area contributed by atoms with Crippen molar-refractivity contribution in [3.8, 4) is 0 Å². The Morgan fingerprint density at radius 1 is 1.41 bits per heavy atom. The molecule has 6 nitrogen and oxygen atoms in total. The normalized spacial score (nSPS) is 18.9. The van der Waals surface area contributed by atoms with Crippen molar-refractivity contribution in [2.75, 3.05) is 18.4 Å². The molecule has 0 aromatic carbocycles. The topological polar surface area (TPSA) is 67.4 Å². The Morgan fingerprint density at radius 3 is 2.86 bits per heavy atom. The van der Waals surface area contributed by atoms with Gasteiger partial charge in [0, 0.05) is 19.3 Å². The standard InChI is InChI=1S/C16H26N4O2/c1-12-9-17-11-14(19-12)18-10-13-7-5-6-8-20(13)15(21)22-16(2,3)4/h9,11,13H,5-8,10H2,1-4H3,(H,18,19). The Bertz CT molecular complexity index is 513. The summed E-state index contributed by atoms with van der Waals surface area (Å²) in [6.07, 6.45) is 6.33. The van der Waals surface area contributed by atoms with Gasteiger partial charge in [-0.1, -0.05) is 0 Å². The van der Waals surface area contributed by atoms with Gasteiger partial charge in [-0.25, -0.2) is 9.78 Å². The van der Waals surface area contributed by atoms with Gasteiger partial charge in [-0.05, 0) is 47.0 Å². The maximum Gasteiger partial charge on any atom is 0.410 e. The lowest BCUT2D eigenvalue weighted by atomic mass is 10.0. The molecule has 1 aromatic rings. The molecule has 0 bridgehead atoms. The molecule has 1 amide bonds. The number of aryl methyl sites for hydroxylation is 1. The third kappa shape index (κ3) is 4.86. The third-order valence-electron chi connectivity index (χ3n) is 3.53.